The first kappa shape index (κ1) is 13.4. The number of nitrogen functional groups attached to an aromatic ring is 1. The zero-order chi connectivity index (χ0) is 13.8. The average molecular weight is 276 g/mol. The van der Waals surface area contributed by atoms with Crippen molar-refractivity contribution in [3.05, 3.63) is 53.8 Å². The zero-order valence-electron chi connectivity index (χ0n) is 10.3. The van der Waals surface area contributed by atoms with Gasteiger partial charge in [-0.15, -0.1) is 11.8 Å². The van der Waals surface area contributed by atoms with Crippen LogP contribution in [0.2, 0.25) is 0 Å². The predicted molar refractivity (Wildman–Crippen MR) is 77.0 cm³/mol. The van der Waals surface area contributed by atoms with Crippen molar-refractivity contribution >= 4 is 29.0 Å². The highest BCUT2D eigenvalue weighted by molar-refractivity contribution is 7.98. The first-order valence-corrected chi connectivity index (χ1v) is 6.83. The van der Waals surface area contributed by atoms with Crippen molar-refractivity contribution in [2.24, 2.45) is 0 Å². The number of benzene rings is 2. The first-order valence-electron chi connectivity index (χ1n) is 5.60. The lowest BCUT2D eigenvalue weighted by molar-refractivity contribution is 0.102. The summed E-state index contributed by atoms with van der Waals surface area (Å²) in [6.07, 6.45) is 1.98. The molecule has 0 saturated carbocycles. The van der Waals surface area contributed by atoms with Crippen LogP contribution in [0.5, 0.6) is 0 Å². The van der Waals surface area contributed by atoms with Gasteiger partial charge in [-0.3, -0.25) is 4.79 Å². The second-order valence-electron chi connectivity index (χ2n) is 3.92. The van der Waals surface area contributed by atoms with E-state index in [9.17, 15) is 9.18 Å². The monoisotopic (exact) mass is 276 g/mol. The molecule has 0 atom stereocenters. The molecule has 0 aromatic heterocycles. The largest absolute Gasteiger partial charge is 0.396 e. The second kappa shape index (κ2) is 5.75. The minimum absolute atomic E-state index is 0.0286. The highest BCUT2D eigenvalue weighted by atomic mass is 32.2. The lowest BCUT2D eigenvalue weighted by Crippen LogP contribution is -2.12. The molecule has 3 N–H and O–H groups in total. The van der Waals surface area contributed by atoms with Gasteiger partial charge in [0.2, 0.25) is 0 Å². The van der Waals surface area contributed by atoms with Crippen molar-refractivity contribution in [2.45, 2.75) is 4.90 Å². The molecule has 2 aromatic carbocycles. The summed E-state index contributed by atoms with van der Waals surface area (Å²) in [6, 6.07) is 11.4. The van der Waals surface area contributed by atoms with Gasteiger partial charge in [-0.1, -0.05) is 0 Å². The summed E-state index contributed by atoms with van der Waals surface area (Å²) in [7, 11) is 0. The topological polar surface area (TPSA) is 55.1 Å². The molecule has 0 aliphatic heterocycles. The molecule has 0 saturated heterocycles. The van der Waals surface area contributed by atoms with Gasteiger partial charge in [0.25, 0.3) is 5.91 Å². The molecule has 0 aliphatic carbocycles. The molecule has 0 fully saturated rings. The third-order valence-electron chi connectivity index (χ3n) is 2.61. The van der Waals surface area contributed by atoms with Crippen molar-refractivity contribution in [2.75, 3.05) is 17.3 Å². The molecule has 98 valence electrons. The van der Waals surface area contributed by atoms with E-state index in [0.717, 1.165) is 11.0 Å². The SMILES string of the molecule is CSc1ccc(NC(=O)c2ccc(N)c(F)c2)cc1. The number of hydrogen-bond acceptors (Lipinski definition) is 3. The maximum Gasteiger partial charge on any atom is 0.255 e. The van der Waals surface area contributed by atoms with Gasteiger partial charge < -0.3 is 11.1 Å². The van der Waals surface area contributed by atoms with Gasteiger partial charge in [0.15, 0.2) is 0 Å². The third-order valence-corrected chi connectivity index (χ3v) is 3.35. The Kier molecular flexibility index (Phi) is 4.06. The Morgan fingerprint density at radius 1 is 1.21 bits per heavy atom. The Balaban J connectivity index is 2.13. The number of thioether (sulfide) groups is 1. The van der Waals surface area contributed by atoms with Crippen molar-refractivity contribution < 1.29 is 9.18 Å². The molecule has 0 radical (unpaired) electrons. The summed E-state index contributed by atoms with van der Waals surface area (Å²) >= 11 is 1.62. The van der Waals surface area contributed by atoms with Gasteiger partial charge in [0.05, 0.1) is 5.69 Å². The molecule has 0 heterocycles. The second-order valence-corrected chi connectivity index (χ2v) is 4.80. The first-order chi connectivity index (χ1) is 9.10. The molecule has 5 heteroatoms. The summed E-state index contributed by atoms with van der Waals surface area (Å²) < 4.78 is 13.3. The number of carbonyl (C=O) groups excluding carboxylic acids is 1. The van der Waals surface area contributed by atoms with E-state index in [4.69, 9.17) is 5.73 Å². The van der Waals surface area contributed by atoms with Crippen LogP contribution in [0.4, 0.5) is 15.8 Å². The number of nitrogens with one attached hydrogen (secondary N) is 1. The summed E-state index contributed by atoms with van der Waals surface area (Å²) in [5, 5.41) is 2.70. The van der Waals surface area contributed by atoms with E-state index in [0.29, 0.717) is 5.69 Å². The molecular formula is C14H13FN2OS. The molecule has 0 aliphatic rings. The highest BCUT2D eigenvalue weighted by Gasteiger charge is 2.08. The number of nitrogens with two attached hydrogens (primary N) is 1. The maximum absolute atomic E-state index is 13.3. The van der Waals surface area contributed by atoms with Crippen LogP contribution < -0.4 is 11.1 Å². The lowest BCUT2D eigenvalue weighted by Gasteiger charge is -2.06. The Morgan fingerprint density at radius 3 is 2.47 bits per heavy atom. The van der Waals surface area contributed by atoms with Crippen molar-refractivity contribution in [3.8, 4) is 0 Å². The normalized spacial score (nSPS) is 10.2. The number of halogens is 1. The lowest BCUT2D eigenvalue weighted by atomic mass is 10.2. The summed E-state index contributed by atoms with van der Waals surface area (Å²) in [6.45, 7) is 0. The van der Waals surface area contributed by atoms with Crippen LogP contribution >= 0.6 is 11.8 Å². The smallest absolute Gasteiger partial charge is 0.255 e. The van der Waals surface area contributed by atoms with Crippen LogP contribution in [0.1, 0.15) is 10.4 Å². The number of hydrogen-bond donors (Lipinski definition) is 2. The molecule has 3 nitrogen and oxygen atoms in total. The fourth-order valence-electron chi connectivity index (χ4n) is 1.55. The molecular weight excluding hydrogens is 263 g/mol. The van der Waals surface area contributed by atoms with E-state index in [-0.39, 0.29) is 17.2 Å². The van der Waals surface area contributed by atoms with E-state index in [2.05, 4.69) is 5.32 Å². The quantitative estimate of drug-likeness (QED) is 0.667. The number of anilines is 2. The molecule has 2 aromatic rings. The average Bonchev–Trinajstić information content (AvgIpc) is 2.42. The van der Waals surface area contributed by atoms with Gasteiger partial charge in [-0.05, 0) is 48.7 Å². The highest BCUT2D eigenvalue weighted by Crippen LogP contribution is 2.18. The van der Waals surface area contributed by atoms with E-state index in [1.807, 2.05) is 18.4 Å². The van der Waals surface area contributed by atoms with E-state index in [1.54, 1.807) is 23.9 Å². The van der Waals surface area contributed by atoms with Gasteiger partial charge in [0, 0.05) is 16.1 Å². The minimum Gasteiger partial charge on any atom is -0.396 e. The van der Waals surface area contributed by atoms with E-state index in [1.165, 1.54) is 12.1 Å². The molecule has 0 unspecified atom stereocenters. The standard InChI is InChI=1S/C14H13FN2OS/c1-19-11-5-3-10(4-6-11)17-14(18)9-2-7-13(16)12(15)8-9/h2-8H,16H2,1H3,(H,17,18). The Bertz CT molecular complexity index is 599. The number of amides is 1. The van der Waals surface area contributed by atoms with Gasteiger partial charge in [-0.25, -0.2) is 4.39 Å². The number of rotatable bonds is 3. The Labute approximate surface area is 115 Å². The molecule has 0 bridgehead atoms. The molecule has 0 spiro atoms. The minimum atomic E-state index is -0.592. The van der Waals surface area contributed by atoms with Crippen LogP contribution in [-0.2, 0) is 0 Å². The van der Waals surface area contributed by atoms with Crippen LogP contribution in [0, 0.1) is 5.82 Å². The van der Waals surface area contributed by atoms with Crippen molar-refractivity contribution in [1.29, 1.82) is 0 Å². The van der Waals surface area contributed by atoms with Gasteiger partial charge >= 0.3 is 0 Å². The van der Waals surface area contributed by atoms with Crippen LogP contribution in [-0.4, -0.2) is 12.2 Å². The summed E-state index contributed by atoms with van der Waals surface area (Å²) in [5.74, 6) is -0.957. The van der Waals surface area contributed by atoms with E-state index < -0.39 is 5.82 Å². The number of carbonyl (C=O) groups is 1. The zero-order valence-corrected chi connectivity index (χ0v) is 11.1. The molecule has 2 rings (SSSR count). The summed E-state index contributed by atoms with van der Waals surface area (Å²) in [4.78, 5) is 13.0. The van der Waals surface area contributed by atoms with Crippen LogP contribution in [0.25, 0.3) is 0 Å². The molecule has 19 heavy (non-hydrogen) atoms. The predicted octanol–water partition coefficient (Wildman–Crippen LogP) is 3.38. The maximum atomic E-state index is 13.3. The van der Waals surface area contributed by atoms with Crippen LogP contribution in [0.3, 0.4) is 0 Å². The Morgan fingerprint density at radius 2 is 1.89 bits per heavy atom. The molecule has 1 amide bonds. The summed E-state index contributed by atoms with van der Waals surface area (Å²) in [5.41, 5.74) is 6.30. The fraction of sp³-hybridized carbons (Fsp3) is 0.0714. The fourth-order valence-corrected chi connectivity index (χ4v) is 1.95. The van der Waals surface area contributed by atoms with E-state index >= 15 is 0 Å². The van der Waals surface area contributed by atoms with Crippen molar-refractivity contribution in [1.82, 2.24) is 0 Å². The Hall–Kier alpha value is -2.01. The van der Waals surface area contributed by atoms with Crippen LogP contribution in [0.15, 0.2) is 47.4 Å². The van der Waals surface area contributed by atoms with Gasteiger partial charge in [-0.2, -0.15) is 0 Å². The van der Waals surface area contributed by atoms with Crippen molar-refractivity contribution in [3.63, 3.8) is 0 Å². The van der Waals surface area contributed by atoms with Gasteiger partial charge in [0.1, 0.15) is 5.82 Å². The third kappa shape index (κ3) is 3.26.